The molecule has 106 valence electrons. The van der Waals surface area contributed by atoms with Gasteiger partial charge in [-0.2, -0.15) is 13.2 Å². The Kier molecular flexibility index (Phi) is 4.44. The number of hydrogen-bond acceptors (Lipinski definition) is 3. The Bertz CT molecular complexity index is 614. The number of aromatic nitrogens is 1. The second-order valence-corrected chi connectivity index (χ2v) is 5.43. The van der Waals surface area contributed by atoms with Crippen molar-refractivity contribution in [2.24, 2.45) is 0 Å². The van der Waals surface area contributed by atoms with Crippen molar-refractivity contribution in [2.75, 3.05) is 0 Å². The minimum Gasteiger partial charge on any atom is -0.346 e. The first kappa shape index (κ1) is 15.0. The van der Waals surface area contributed by atoms with Crippen LogP contribution in [-0.4, -0.2) is 10.9 Å². The van der Waals surface area contributed by atoms with Crippen LogP contribution in [0.3, 0.4) is 0 Å². The highest BCUT2D eigenvalue weighted by atomic mass is 79.9. The average molecular weight is 365 g/mol. The van der Waals surface area contributed by atoms with Crippen LogP contribution in [0.5, 0.6) is 0 Å². The Labute approximate surface area is 125 Å². The van der Waals surface area contributed by atoms with Gasteiger partial charge in [-0.25, -0.2) is 4.98 Å². The van der Waals surface area contributed by atoms with E-state index in [0.717, 1.165) is 12.1 Å². The third kappa shape index (κ3) is 3.57. The smallest absolute Gasteiger partial charge is 0.346 e. The summed E-state index contributed by atoms with van der Waals surface area (Å²) >= 11 is 4.45. The van der Waals surface area contributed by atoms with Gasteiger partial charge in [-0.3, -0.25) is 4.79 Å². The molecule has 3 nitrogen and oxygen atoms in total. The summed E-state index contributed by atoms with van der Waals surface area (Å²) in [4.78, 5) is 15.9. The number of amides is 1. The number of hydrogen-bond donors (Lipinski definition) is 1. The number of nitrogens with zero attached hydrogens (tertiary/aromatic N) is 1. The minimum atomic E-state index is -4.48. The fourth-order valence-corrected chi connectivity index (χ4v) is 2.45. The minimum absolute atomic E-state index is 0.0601. The number of carbonyl (C=O) groups is 1. The molecule has 0 bridgehead atoms. The molecule has 0 spiro atoms. The molecule has 0 unspecified atom stereocenters. The van der Waals surface area contributed by atoms with E-state index in [0.29, 0.717) is 10.2 Å². The van der Waals surface area contributed by atoms with Crippen LogP contribution < -0.4 is 5.32 Å². The van der Waals surface area contributed by atoms with Crippen molar-refractivity contribution in [1.29, 1.82) is 0 Å². The van der Waals surface area contributed by atoms with E-state index in [2.05, 4.69) is 26.2 Å². The number of nitrogens with one attached hydrogen (secondary N) is 1. The third-order valence-electron chi connectivity index (χ3n) is 2.45. The van der Waals surface area contributed by atoms with Crippen LogP contribution in [0.15, 0.2) is 33.6 Å². The van der Waals surface area contributed by atoms with Gasteiger partial charge in [-0.1, -0.05) is 0 Å². The summed E-state index contributed by atoms with van der Waals surface area (Å²) in [6.45, 7) is 0.172. The number of thiazole rings is 1. The van der Waals surface area contributed by atoms with Crippen molar-refractivity contribution in [1.82, 2.24) is 10.3 Å². The zero-order valence-corrected chi connectivity index (χ0v) is 12.3. The fourth-order valence-electron chi connectivity index (χ4n) is 1.47. The lowest BCUT2D eigenvalue weighted by molar-refractivity contribution is -0.137. The molecule has 2 rings (SSSR count). The summed E-state index contributed by atoms with van der Waals surface area (Å²) in [6, 6.07) is 2.95. The third-order valence-corrected chi connectivity index (χ3v) is 3.78. The standard InChI is InChI=1S/C12H8BrF3N2OS/c13-10-2-1-7(12(14,15)16)3-9(10)11(19)17-4-8-5-20-6-18-8/h1-3,5-6H,4H2,(H,17,19). The molecule has 1 aromatic heterocycles. The van der Waals surface area contributed by atoms with Crippen LogP contribution >= 0.6 is 27.3 Å². The average Bonchev–Trinajstić information content (AvgIpc) is 2.88. The van der Waals surface area contributed by atoms with Crippen LogP contribution in [-0.2, 0) is 12.7 Å². The predicted molar refractivity (Wildman–Crippen MR) is 72.4 cm³/mol. The van der Waals surface area contributed by atoms with Gasteiger partial charge in [-0.15, -0.1) is 11.3 Å². The number of alkyl halides is 3. The summed E-state index contributed by atoms with van der Waals surface area (Å²) in [7, 11) is 0. The maximum Gasteiger partial charge on any atom is 0.416 e. The van der Waals surface area contributed by atoms with Gasteiger partial charge in [0.25, 0.3) is 5.91 Å². The molecule has 1 N–H and O–H groups in total. The van der Waals surface area contributed by atoms with E-state index in [1.807, 2.05) is 0 Å². The van der Waals surface area contributed by atoms with Gasteiger partial charge in [0.1, 0.15) is 0 Å². The molecule has 1 heterocycles. The van der Waals surface area contributed by atoms with Crippen LogP contribution in [0.4, 0.5) is 13.2 Å². The monoisotopic (exact) mass is 364 g/mol. The van der Waals surface area contributed by atoms with Gasteiger partial charge in [-0.05, 0) is 34.1 Å². The molecule has 0 atom stereocenters. The van der Waals surface area contributed by atoms with Crippen molar-refractivity contribution in [3.8, 4) is 0 Å². The van der Waals surface area contributed by atoms with E-state index < -0.39 is 17.6 Å². The Morgan fingerprint density at radius 1 is 1.40 bits per heavy atom. The van der Waals surface area contributed by atoms with E-state index in [1.165, 1.54) is 17.4 Å². The Balaban J connectivity index is 2.16. The topological polar surface area (TPSA) is 42.0 Å². The predicted octanol–water partition coefficient (Wildman–Crippen LogP) is 3.85. The van der Waals surface area contributed by atoms with Gasteiger partial charge < -0.3 is 5.32 Å². The zero-order chi connectivity index (χ0) is 14.8. The maximum absolute atomic E-state index is 12.6. The van der Waals surface area contributed by atoms with E-state index in [1.54, 1.807) is 10.9 Å². The van der Waals surface area contributed by atoms with Crippen molar-refractivity contribution in [3.63, 3.8) is 0 Å². The largest absolute Gasteiger partial charge is 0.416 e. The lowest BCUT2D eigenvalue weighted by Crippen LogP contribution is -2.24. The molecule has 2 aromatic rings. The summed E-state index contributed by atoms with van der Waals surface area (Å²) in [5, 5.41) is 4.28. The molecule has 0 aliphatic carbocycles. The van der Waals surface area contributed by atoms with E-state index in [9.17, 15) is 18.0 Å². The van der Waals surface area contributed by atoms with Gasteiger partial charge in [0.15, 0.2) is 0 Å². The Morgan fingerprint density at radius 3 is 2.75 bits per heavy atom. The molecular weight excluding hydrogens is 357 g/mol. The number of halogens is 4. The highest BCUT2D eigenvalue weighted by Gasteiger charge is 2.31. The second-order valence-electron chi connectivity index (χ2n) is 3.85. The molecule has 0 aliphatic heterocycles. The summed E-state index contributed by atoms with van der Waals surface area (Å²) in [5.74, 6) is -0.587. The highest BCUT2D eigenvalue weighted by Crippen LogP contribution is 2.31. The summed E-state index contributed by atoms with van der Waals surface area (Å²) < 4.78 is 38.2. The van der Waals surface area contributed by atoms with Crippen LogP contribution in [0.2, 0.25) is 0 Å². The quantitative estimate of drug-likeness (QED) is 0.898. The molecular formula is C12H8BrF3N2OS. The Hall–Kier alpha value is -1.41. The number of benzene rings is 1. The van der Waals surface area contributed by atoms with E-state index >= 15 is 0 Å². The fraction of sp³-hybridized carbons (Fsp3) is 0.167. The first-order valence-electron chi connectivity index (χ1n) is 5.40. The summed E-state index contributed by atoms with van der Waals surface area (Å²) in [5.41, 5.74) is 1.35. The second kappa shape index (κ2) is 5.92. The molecule has 0 radical (unpaired) electrons. The Morgan fingerprint density at radius 2 is 2.15 bits per heavy atom. The lowest BCUT2D eigenvalue weighted by Gasteiger charge is -2.10. The maximum atomic E-state index is 12.6. The van der Waals surface area contributed by atoms with E-state index in [-0.39, 0.29) is 12.1 Å². The first-order chi connectivity index (χ1) is 9.38. The number of carbonyl (C=O) groups excluding carboxylic acids is 1. The zero-order valence-electron chi connectivity index (χ0n) is 9.87. The van der Waals surface area contributed by atoms with Gasteiger partial charge >= 0.3 is 6.18 Å². The van der Waals surface area contributed by atoms with Crippen molar-refractivity contribution in [2.45, 2.75) is 12.7 Å². The number of rotatable bonds is 3. The normalized spacial score (nSPS) is 11.4. The van der Waals surface area contributed by atoms with Gasteiger partial charge in [0.05, 0.1) is 28.9 Å². The molecule has 0 saturated carbocycles. The highest BCUT2D eigenvalue weighted by molar-refractivity contribution is 9.10. The molecule has 1 aromatic carbocycles. The van der Waals surface area contributed by atoms with Crippen molar-refractivity contribution in [3.05, 3.63) is 50.4 Å². The van der Waals surface area contributed by atoms with Crippen LogP contribution in [0.1, 0.15) is 21.6 Å². The molecule has 0 fully saturated rings. The molecule has 8 heteroatoms. The molecule has 20 heavy (non-hydrogen) atoms. The van der Waals surface area contributed by atoms with Crippen LogP contribution in [0.25, 0.3) is 0 Å². The van der Waals surface area contributed by atoms with Gasteiger partial charge in [0.2, 0.25) is 0 Å². The first-order valence-corrected chi connectivity index (χ1v) is 7.13. The molecule has 0 saturated heterocycles. The SMILES string of the molecule is O=C(NCc1cscn1)c1cc(C(F)(F)F)ccc1Br. The lowest BCUT2D eigenvalue weighted by atomic mass is 10.1. The van der Waals surface area contributed by atoms with E-state index in [4.69, 9.17) is 0 Å². The molecule has 0 aliphatic rings. The summed E-state index contributed by atoms with van der Waals surface area (Å²) in [6.07, 6.45) is -4.48. The van der Waals surface area contributed by atoms with Gasteiger partial charge in [0, 0.05) is 9.85 Å². The van der Waals surface area contributed by atoms with Crippen molar-refractivity contribution < 1.29 is 18.0 Å². The van der Waals surface area contributed by atoms with Crippen LogP contribution in [0, 0.1) is 0 Å². The molecule has 1 amide bonds. The van der Waals surface area contributed by atoms with Crippen molar-refractivity contribution >= 4 is 33.2 Å².